The lowest BCUT2D eigenvalue weighted by Gasteiger charge is -2.26. The fourth-order valence-electron chi connectivity index (χ4n) is 3.27. The van der Waals surface area contributed by atoms with Gasteiger partial charge >= 0.3 is 6.09 Å². The first-order valence-electron chi connectivity index (χ1n) is 9.12. The van der Waals surface area contributed by atoms with Crippen molar-refractivity contribution in [3.63, 3.8) is 0 Å². The first-order chi connectivity index (χ1) is 11.9. The zero-order valence-electron chi connectivity index (χ0n) is 15.4. The van der Waals surface area contributed by atoms with Gasteiger partial charge in [-0.15, -0.1) is 0 Å². The number of hydrogen-bond acceptors (Lipinski definition) is 5. The first-order valence-corrected chi connectivity index (χ1v) is 9.12. The molecule has 1 saturated heterocycles. The van der Waals surface area contributed by atoms with E-state index in [9.17, 15) is 4.79 Å². The second-order valence-corrected chi connectivity index (χ2v) is 7.75. The molecule has 0 spiro atoms. The van der Waals surface area contributed by atoms with Crippen molar-refractivity contribution in [3.8, 4) is 0 Å². The molecule has 0 aromatic carbocycles. The van der Waals surface area contributed by atoms with Crippen LogP contribution in [0.3, 0.4) is 0 Å². The topological polar surface area (TPSA) is 58.6 Å². The van der Waals surface area contributed by atoms with Gasteiger partial charge in [-0.05, 0) is 40.0 Å². The summed E-state index contributed by atoms with van der Waals surface area (Å²) in [4.78, 5) is 25.3. The van der Waals surface area contributed by atoms with Gasteiger partial charge in [0, 0.05) is 43.9 Å². The predicted molar refractivity (Wildman–Crippen MR) is 97.8 cm³/mol. The molecule has 25 heavy (non-hydrogen) atoms. The summed E-state index contributed by atoms with van der Waals surface area (Å²) in [6.45, 7) is 8.71. The number of carbonyl (C=O) groups excluding carboxylic acids is 1. The largest absolute Gasteiger partial charge is 0.444 e. The second kappa shape index (κ2) is 7.42. The smallest absolute Gasteiger partial charge is 0.410 e. The molecule has 0 N–H and O–H groups in total. The van der Waals surface area contributed by atoms with Gasteiger partial charge < -0.3 is 14.5 Å². The van der Waals surface area contributed by atoms with Gasteiger partial charge in [0.05, 0.1) is 0 Å². The van der Waals surface area contributed by atoms with Crippen LogP contribution in [0.5, 0.6) is 0 Å². The van der Waals surface area contributed by atoms with E-state index in [1.54, 1.807) is 11.2 Å². The maximum Gasteiger partial charge on any atom is 0.410 e. The molecule has 0 saturated carbocycles. The van der Waals surface area contributed by atoms with Crippen LogP contribution in [0.15, 0.2) is 24.5 Å². The molecule has 6 heteroatoms. The minimum atomic E-state index is -0.458. The Kier molecular flexibility index (Phi) is 5.25. The molecule has 1 aliphatic heterocycles. The molecule has 0 unspecified atom stereocenters. The van der Waals surface area contributed by atoms with Crippen LogP contribution < -0.4 is 4.90 Å². The van der Waals surface area contributed by atoms with E-state index in [0.717, 1.165) is 50.4 Å². The highest BCUT2D eigenvalue weighted by Crippen LogP contribution is 2.29. The average molecular weight is 344 g/mol. The van der Waals surface area contributed by atoms with Crippen molar-refractivity contribution in [2.24, 2.45) is 0 Å². The quantitative estimate of drug-likeness (QED) is 0.770. The maximum atomic E-state index is 12.3. The van der Waals surface area contributed by atoms with Gasteiger partial charge in [0.2, 0.25) is 0 Å². The van der Waals surface area contributed by atoms with E-state index in [-0.39, 0.29) is 6.09 Å². The van der Waals surface area contributed by atoms with E-state index >= 15 is 0 Å². The van der Waals surface area contributed by atoms with Gasteiger partial charge in [0.1, 0.15) is 17.7 Å². The molecule has 0 atom stereocenters. The molecule has 0 radical (unpaired) electrons. The Balaban J connectivity index is 1.63. The number of aromatic nitrogens is 2. The highest BCUT2D eigenvalue weighted by atomic mass is 16.6. The van der Waals surface area contributed by atoms with Crippen LogP contribution in [0.2, 0.25) is 0 Å². The Morgan fingerprint density at radius 1 is 1.12 bits per heavy atom. The summed E-state index contributed by atoms with van der Waals surface area (Å²) in [5, 5.41) is 0. The highest BCUT2D eigenvalue weighted by molar-refractivity contribution is 5.68. The van der Waals surface area contributed by atoms with Crippen LogP contribution in [0.25, 0.3) is 0 Å². The number of anilines is 1. The van der Waals surface area contributed by atoms with Crippen LogP contribution in [0.4, 0.5) is 10.6 Å². The molecule has 6 nitrogen and oxygen atoms in total. The maximum absolute atomic E-state index is 12.3. The third-order valence-corrected chi connectivity index (χ3v) is 4.57. The molecule has 1 aromatic heterocycles. The SMILES string of the molecule is CC(C)(C)OC(=O)N1CCCN(c2cc(C3CC=CC3)ncn2)CC1. The van der Waals surface area contributed by atoms with Crippen LogP contribution in [0.1, 0.15) is 51.6 Å². The van der Waals surface area contributed by atoms with Gasteiger partial charge in [-0.25, -0.2) is 14.8 Å². The molecule has 136 valence electrons. The van der Waals surface area contributed by atoms with Crippen molar-refractivity contribution >= 4 is 11.9 Å². The molecule has 1 fully saturated rings. The summed E-state index contributed by atoms with van der Waals surface area (Å²) in [6, 6.07) is 2.11. The lowest BCUT2D eigenvalue weighted by Crippen LogP contribution is -2.39. The number of hydrogen-bond donors (Lipinski definition) is 0. The Morgan fingerprint density at radius 2 is 1.88 bits per heavy atom. The number of rotatable bonds is 2. The van der Waals surface area contributed by atoms with Gasteiger partial charge in [-0.3, -0.25) is 0 Å². The molecular weight excluding hydrogens is 316 g/mol. The van der Waals surface area contributed by atoms with Crippen molar-refractivity contribution in [1.82, 2.24) is 14.9 Å². The number of nitrogens with zero attached hydrogens (tertiary/aromatic N) is 4. The summed E-state index contributed by atoms with van der Waals surface area (Å²) in [5.74, 6) is 1.44. The minimum absolute atomic E-state index is 0.227. The fourth-order valence-corrected chi connectivity index (χ4v) is 3.27. The molecule has 0 bridgehead atoms. The summed E-state index contributed by atoms with van der Waals surface area (Å²) in [7, 11) is 0. The van der Waals surface area contributed by atoms with E-state index in [4.69, 9.17) is 4.74 Å². The van der Waals surface area contributed by atoms with E-state index < -0.39 is 5.60 Å². The summed E-state index contributed by atoms with van der Waals surface area (Å²) < 4.78 is 5.50. The monoisotopic (exact) mass is 344 g/mol. The lowest BCUT2D eigenvalue weighted by atomic mass is 10.0. The van der Waals surface area contributed by atoms with Crippen molar-refractivity contribution in [3.05, 3.63) is 30.2 Å². The Labute approximate surface area is 149 Å². The first kappa shape index (κ1) is 17.7. The molecule has 1 amide bonds. The normalized spacial score (nSPS) is 19.2. The fraction of sp³-hybridized carbons (Fsp3) is 0.632. The zero-order chi connectivity index (χ0) is 17.9. The molecule has 1 aliphatic carbocycles. The molecule has 2 heterocycles. The van der Waals surface area contributed by atoms with Crippen molar-refractivity contribution in [1.29, 1.82) is 0 Å². The van der Waals surface area contributed by atoms with Crippen LogP contribution >= 0.6 is 0 Å². The third-order valence-electron chi connectivity index (χ3n) is 4.57. The number of carbonyl (C=O) groups is 1. The standard InChI is InChI=1S/C19H28N4O2/c1-19(2,3)25-18(24)23-10-6-9-22(11-12-23)17-13-16(20-14-21-17)15-7-4-5-8-15/h4-5,13-15H,6-12H2,1-3H3. The Bertz CT molecular complexity index is 631. The van der Waals surface area contributed by atoms with Crippen LogP contribution in [-0.4, -0.2) is 52.7 Å². The van der Waals surface area contributed by atoms with Gasteiger partial charge in [-0.1, -0.05) is 12.2 Å². The molecular formula is C19H28N4O2. The lowest BCUT2D eigenvalue weighted by molar-refractivity contribution is 0.0263. The van der Waals surface area contributed by atoms with Gasteiger partial charge in [0.25, 0.3) is 0 Å². The molecule has 1 aromatic rings. The predicted octanol–water partition coefficient (Wildman–Crippen LogP) is 3.36. The van der Waals surface area contributed by atoms with Gasteiger partial charge in [0.15, 0.2) is 0 Å². The minimum Gasteiger partial charge on any atom is -0.444 e. The molecule has 2 aliphatic rings. The number of amides is 1. The summed E-state index contributed by atoms with van der Waals surface area (Å²) >= 11 is 0. The van der Waals surface area contributed by atoms with Crippen molar-refractivity contribution in [2.45, 2.75) is 51.6 Å². The summed E-state index contributed by atoms with van der Waals surface area (Å²) in [6.07, 6.45) is 8.90. The van der Waals surface area contributed by atoms with E-state index in [0.29, 0.717) is 12.5 Å². The van der Waals surface area contributed by atoms with Crippen molar-refractivity contribution < 1.29 is 9.53 Å². The average Bonchev–Trinajstić information content (AvgIpc) is 2.97. The molecule has 3 rings (SSSR count). The van der Waals surface area contributed by atoms with E-state index in [1.807, 2.05) is 20.8 Å². The highest BCUT2D eigenvalue weighted by Gasteiger charge is 2.25. The number of ether oxygens (including phenoxy) is 1. The van der Waals surface area contributed by atoms with E-state index in [2.05, 4.69) is 33.1 Å². The van der Waals surface area contributed by atoms with Crippen molar-refractivity contribution in [2.75, 3.05) is 31.1 Å². The second-order valence-electron chi connectivity index (χ2n) is 7.75. The van der Waals surface area contributed by atoms with Crippen LogP contribution in [-0.2, 0) is 4.74 Å². The number of allylic oxidation sites excluding steroid dienone is 2. The Hall–Kier alpha value is -2.11. The van der Waals surface area contributed by atoms with Gasteiger partial charge in [-0.2, -0.15) is 0 Å². The zero-order valence-corrected chi connectivity index (χ0v) is 15.4. The third kappa shape index (κ3) is 4.71. The van der Waals surface area contributed by atoms with E-state index in [1.165, 1.54) is 0 Å². The summed E-state index contributed by atoms with van der Waals surface area (Å²) in [5.41, 5.74) is 0.656. The van der Waals surface area contributed by atoms with Crippen LogP contribution in [0, 0.1) is 0 Å². The Morgan fingerprint density at radius 3 is 2.60 bits per heavy atom.